The Morgan fingerprint density at radius 2 is 1.71 bits per heavy atom. The monoisotopic (exact) mass is 460 g/mol. The van der Waals surface area contributed by atoms with Crippen LogP contribution in [0, 0.1) is 5.92 Å². The predicted molar refractivity (Wildman–Crippen MR) is 131 cm³/mol. The maximum Gasteiger partial charge on any atom is 0.242 e. The molecule has 0 heterocycles. The van der Waals surface area contributed by atoms with Crippen LogP contribution in [0.15, 0.2) is 59.5 Å². The maximum atomic E-state index is 13.0. The van der Waals surface area contributed by atoms with E-state index in [1.807, 2.05) is 49.4 Å². The molecule has 2 aromatic carbocycles. The van der Waals surface area contributed by atoms with E-state index in [9.17, 15) is 9.59 Å². The lowest BCUT2D eigenvalue weighted by atomic mass is 10.1. The summed E-state index contributed by atoms with van der Waals surface area (Å²) in [5.41, 5.74) is 1.16. The van der Waals surface area contributed by atoms with E-state index in [1.54, 1.807) is 16.7 Å². The molecule has 0 spiro atoms. The number of nitrogens with one attached hydrogen (secondary N) is 1. The Labute approximate surface area is 195 Å². The molecule has 0 saturated carbocycles. The molecule has 1 atom stereocenters. The average Bonchev–Trinajstić information content (AvgIpc) is 2.77. The highest BCUT2D eigenvalue weighted by atomic mass is 35.5. The van der Waals surface area contributed by atoms with E-state index in [2.05, 4.69) is 31.3 Å². The van der Waals surface area contributed by atoms with Crippen LogP contribution in [0.5, 0.6) is 0 Å². The molecule has 2 rings (SSSR count). The molecule has 0 unspecified atom stereocenters. The zero-order valence-electron chi connectivity index (χ0n) is 18.6. The van der Waals surface area contributed by atoms with Gasteiger partial charge in [0.05, 0.1) is 0 Å². The first-order valence-electron chi connectivity index (χ1n) is 10.9. The van der Waals surface area contributed by atoms with E-state index >= 15 is 0 Å². The summed E-state index contributed by atoms with van der Waals surface area (Å²) in [5.74, 6) is 1.15. The number of carbonyl (C=O) groups excluding carboxylic acids is 2. The number of halogens is 1. The summed E-state index contributed by atoms with van der Waals surface area (Å²) in [6.07, 6.45) is 1.92. The van der Waals surface area contributed by atoms with Gasteiger partial charge in [-0.25, -0.2) is 0 Å². The summed E-state index contributed by atoms with van der Waals surface area (Å²) >= 11 is 7.64. The molecule has 0 fully saturated rings. The number of hydrogen-bond donors (Lipinski definition) is 1. The second kappa shape index (κ2) is 13.4. The first kappa shape index (κ1) is 25.3. The van der Waals surface area contributed by atoms with Crippen LogP contribution < -0.4 is 5.32 Å². The van der Waals surface area contributed by atoms with Gasteiger partial charge in [0.2, 0.25) is 11.8 Å². The van der Waals surface area contributed by atoms with Gasteiger partial charge < -0.3 is 10.2 Å². The van der Waals surface area contributed by atoms with Crippen LogP contribution in [0.25, 0.3) is 0 Å². The molecule has 0 aromatic heterocycles. The molecular weight excluding hydrogens is 428 g/mol. The van der Waals surface area contributed by atoms with Gasteiger partial charge in [0, 0.05) is 29.4 Å². The molecule has 0 aliphatic heterocycles. The van der Waals surface area contributed by atoms with Gasteiger partial charge in [0.1, 0.15) is 6.04 Å². The van der Waals surface area contributed by atoms with Crippen LogP contribution in [0.2, 0.25) is 5.02 Å². The van der Waals surface area contributed by atoms with Gasteiger partial charge in [0.25, 0.3) is 0 Å². The first-order chi connectivity index (χ1) is 14.9. The normalized spacial score (nSPS) is 11.9. The molecule has 0 aliphatic carbocycles. The number of amides is 2. The zero-order chi connectivity index (χ0) is 22.6. The Kier molecular flexibility index (Phi) is 11.0. The third-order valence-electron chi connectivity index (χ3n) is 4.95. The van der Waals surface area contributed by atoms with E-state index in [1.165, 1.54) is 0 Å². The average molecular weight is 461 g/mol. The first-order valence-corrected chi connectivity index (χ1v) is 12.2. The number of benzene rings is 2. The van der Waals surface area contributed by atoms with Crippen molar-refractivity contribution < 1.29 is 9.59 Å². The molecule has 0 aliphatic rings. The molecule has 168 valence electrons. The highest BCUT2D eigenvalue weighted by Crippen LogP contribution is 2.21. The van der Waals surface area contributed by atoms with Crippen LogP contribution >= 0.6 is 23.4 Å². The van der Waals surface area contributed by atoms with Crippen LogP contribution in [0.3, 0.4) is 0 Å². The van der Waals surface area contributed by atoms with Crippen LogP contribution in [0.1, 0.15) is 39.2 Å². The number of thioether (sulfide) groups is 1. The highest BCUT2D eigenvalue weighted by molar-refractivity contribution is 7.99. The molecule has 0 saturated heterocycles. The van der Waals surface area contributed by atoms with Gasteiger partial charge in [0.15, 0.2) is 0 Å². The molecule has 2 amide bonds. The molecule has 0 radical (unpaired) electrons. The standard InChI is InChI=1S/C25H33ClN2O2S/c1-19(2)18-27-25(30)20(3)28(16-15-21-8-5-4-6-9-21)24(29)10-7-17-31-23-13-11-22(26)12-14-23/h4-6,8-9,11-14,19-20H,7,10,15-18H2,1-3H3,(H,27,30)/t20-/m1/s1. The summed E-state index contributed by atoms with van der Waals surface area (Å²) in [6, 6.07) is 17.3. The highest BCUT2D eigenvalue weighted by Gasteiger charge is 2.25. The molecule has 31 heavy (non-hydrogen) atoms. The topological polar surface area (TPSA) is 49.4 Å². The van der Waals surface area contributed by atoms with Crippen molar-refractivity contribution in [1.82, 2.24) is 10.2 Å². The second-order valence-electron chi connectivity index (χ2n) is 8.04. The molecular formula is C25H33ClN2O2S. The number of hydrogen-bond acceptors (Lipinski definition) is 3. The van der Waals surface area contributed by atoms with E-state index in [0.717, 1.165) is 34.1 Å². The fourth-order valence-electron chi connectivity index (χ4n) is 3.11. The Hall–Kier alpha value is -1.98. The van der Waals surface area contributed by atoms with Crippen molar-refractivity contribution in [3.63, 3.8) is 0 Å². The van der Waals surface area contributed by atoms with Crippen molar-refractivity contribution in [2.75, 3.05) is 18.8 Å². The molecule has 4 nitrogen and oxygen atoms in total. The van der Waals surface area contributed by atoms with Crippen molar-refractivity contribution in [3.05, 3.63) is 65.2 Å². The third-order valence-corrected chi connectivity index (χ3v) is 6.30. The van der Waals surface area contributed by atoms with Crippen LogP contribution in [-0.2, 0) is 16.0 Å². The Balaban J connectivity index is 1.92. The number of rotatable bonds is 12. The minimum Gasteiger partial charge on any atom is -0.354 e. The molecule has 1 N–H and O–H groups in total. The smallest absolute Gasteiger partial charge is 0.242 e. The predicted octanol–water partition coefficient (Wildman–Crippen LogP) is 5.44. The lowest BCUT2D eigenvalue weighted by Gasteiger charge is -2.29. The Bertz CT molecular complexity index is 812. The van der Waals surface area contributed by atoms with Crippen LogP contribution in [-0.4, -0.2) is 41.6 Å². The maximum absolute atomic E-state index is 13.0. The number of carbonyl (C=O) groups is 2. The summed E-state index contributed by atoms with van der Waals surface area (Å²) in [7, 11) is 0. The van der Waals surface area contributed by atoms with Crippen molar-refractivity contribution in [3.8, 4) is 0 Å². The third kappa shape index (κ3) is 9.36. The molecule has 0 bridgehead atoms. The van der Waals surface area contributed by atoms with Gasteiger partial charge in [-0.15, -0.1) is 11.8 Å². The fourth-order valence-corrected chi connectivity index (χ4v) is 4.09. The van der Waals surface area contributed by atoms with Crippen molar-refractivity contribution in [1.29, 1.82) is 0 Å². The van der Waals surface area contributed by atoms with Gasteiger partial charge in [-0.1, -0.05) is 55.8 Å². The summed E-state index contributed by atoms with van der Waals surface area (Å²) in [4.78, 5) is 28.5. The van der Waals surface area contributed by atoms with E-state index < -0.39 is 6.04 Å². The summed E-state index contributed by atoms with van der Waals surface area (Å²) < 4.78 is 0. The zero-order valence-corrected chi connectivity index (χ0v) is 20.2. The lowest BCUT2D eigenvalue weighted by Crippen LogP contribution is -2.49. The fraction of sp³-hybridized carbons (Fsp3) is 0.440. The van der Waals surface area contributed by atoms with Crippen molar-refractivity contribution >= 4 is 35.2 Å². The SMILES string of the molecule is CC(C)CNC(=O)[C@@H](C)N(CCc1ccccc1)C(=O)CCCSc1ccc(Cl)cc1. The van der Waals surface area contributed by atoms with Crippen molar-refractivity contribution in [2.45, 2.75) is 51.0 Å². The molecule has 6 heteroatoms. The van der Waals surface area contributed by atoms with Gasteiger partial charge in [-0.05, 0) is 61.3 Å². The Morgan fingerprint density at radius 1 is 1.03 bits per heavy atom. The lowest BCUT2D eigenvalue weighted by molar-refractivity contribution is -0.140. The van der Waals surface area contributed by atoms with Gasteiger partial charge in [-0.2, -0.15) is 0 Å². The largest absolute Gasteiger partial charge is 0.354 e. The summed E-state index contributed by atoms with van der Waals surface area (Å²) in [5, 5.41) is 3.68. The van der Waals surface area contributed by atoms with E-state index in [4.69, 9.17) is 11.6 Å². The van der Waals surface area contributed by atoms with E-state index in [-0.39, 0.29) is 11.8 Å². The molecule has 2 aromatic rings. The Morgan fingerprint density at radius 3 is 2.35 bits per heavy atom. The summed E-state index contributed by atoms with van der Waals surface area (Å²) in [6.45, 7) is 7.08. The van der Waals surface area contributed by atoms with Crippen LogP contribution in [0.4, 0.5) is 0 Å². The second-order valence-corrected chi connectivity index (χ2v) is 9.65. The minimum absolute atomic E-state index is 0.0276. The quantitative estimate of drug-likeness (QED) is 0.338. The van der Waals surface area contributed by atoms with Gasteiger partial charge in [-0.3, -0.25) is 9.59 Å². The van der Waals surface area contributed by atoms with Gasteiger partial charge >= 0.3 is 0 Å². The van der Waals surface area contributed by atoms with Crippen molar-refractivity contribution in [2.24, 2.45) is 5.92 Å². The van der Waals surface area contributed by atoms with E-state index in [0.29, 0.717) is 25.4 Å². The number of nitrogens with zero attached hydrogens (tertiary/aromatic N) is 1. The minimum atomic E-state index is -0.487.